The van der Waals surface area contributed by atoms with Crippen molar-refractivity contribution < 1.29 is 15.0 Å². The first-order valence-corrected chi connectivity index (χ1v) is 7.77. The molecule has 0 radical (unpaired) electrons. The number of benzene rings is 2. The normalized spacial score (nSPS) is 14.1. The summed E-state index contributed by atoms with van der Waals surface area (Å²) in [5, 5.41) is 22.6. The Bertz CT molecular complexity index is 715. The summed E-state index contributed by atoms with van der Waals surface area (Å²) in [7, 11) is 0. The molecule has 0 fully saturated rings. The largest absolute Gasteiger partial charge is 0.480 e. The molecule has 24 heavy (non-hydrogen) atoms. The van der Waals surface area contributed by atoms with Gasteiger partial charge in [-0.15, -0.1) is 0 Å². The van der Waals surface area contributed by atoms with Crippen LogP contribution < -0.4 is 5.32 Å². The molecule has 2 aromatic carbocycles. The van der Waals surface area contributed by atoms with Crippen molar-refractivity contribution in [2.45, 2.75) is 25.0 Å². The average Bonchev–Trinajstić information content (AvgIpc) is 2.58. The second kappa shape index (κ2) is 8.30. The minimum atomic E-state index is -1.32. The zero-order valence-electron chi connectivity index (χ0n) is 13.6. The molecule has 0 heterocycles. The molecule has 0 aliphatic heterocycles. The summed E-state index contributed by atoms with van der Waals surface area (Å²) in [6.07, 6.45) is 0.346. The molecule has 0 saturated heterocycles. The number of carboxylic acids is 1. The van der Waals surface area contributed by atoms with Crippen LogP contribution in [0.1, 0.15) is 18.1 Å². The van der Waals surface area contributed by atoms with Crippen LogP contribution in [-0.4, -0.2) is 34.4 Å². The quantitative estimate of drug-likeness (QED) is 0.712. The monoisotopic (exact) mass is 323 g/mol. The number of aliphatic carboxylic acids is 1. The SMILES string of the molecule is C[C@@](O)(C#Cc1ccccc1)CN[C@@H](Cc1ccccc1)C(=O)O. The van der Waals surface area contributed by atoms with Crippen LogP contribution in [0, 0.1) is 11.8 Å². The van der Waals surface area contributed by atoms with Crippen LogP contribution in [-0.2, 0) is 11.2 Å². The van der Waals surface area contributed by atoms with E-state index in [4.69, 9.17) is 0 Å². The first-order chi connectivity index (χ1) is 11.5. The maximum Gasteiger partial charge on any atom is 0.321 e. The van der Waals surface area contributed by atoms with Gasteiger partial charge in [0, 0.05) is 12.1 Å². The zero-order valence-corrected chi connectivity index (χ0v) is 13.6. The molecule has 0 unspecified atom stereocenters. The maximum atomic E-state index is 11.4. The highest BCUT2D eigenvalue weighted by Crippen LogP contribution is 2.06. The van der Waals surface area contributed by atoms with E-state index < -0.39 is 17.6 Å². The third-order valence-electron chi connectivity index (χ3n) is 3.52. The smallest absolute Gasteiger partial charge is 0.321 e. The summed E-state index contributed by atoms with van der Waals surface area (Å²) in [5.41, 5.74) is 0.407. The highest BCUT2D eigenvalue weighted by atomic mass is 16.4. The Balaban J connectivity index is 1.98. The molecule has 0 aromatic heterocycles. The second-order valence-corrected chi connectivity index (χ2v) is 5.85. The fourth-order valence-corrected chi connectivity index (χ4v) is 2.19. The van der Waals surface area contributed by atoms with Crippen LogP contribution in [0.2, 0.25) is 0 Å². The molecular weight excluding hydrogens is 302 g/mol. The molecular formula is C20H21NO3. The molecule has 0 spiro atoms. The van der Waals surface area contributed by atoms with Crippen LogP contribution in [0.25, 0.3) is 0 Å². The predicted octanol–water partition coefficient (Wildman–Crippen LogP) is 2.07. The molecule has 0 amide bonds. The van der Waals surface area contributed by atoms with Gasteiger partial charge in [0.15, 0.2) is 0 Å². The Morgan fingerprint density at radius 2 is 1.71 bits per heavy atom. The Hall–Kier alpha value is -2.61. The van der Waals surface area contributed by atoms with E-state index in [2.05, 4.69) is 17.2 Å². The van der Waals surface area contributed by atoms with Gasteiger partial charge in [0.1, 0.15) is 11.6 Å². The number of nitrogens with one attached hydrogen (secondary N) is 1. The molecule has 0 bridgehead atoms. The third kappa shape index (κ3) is 5.88. The summed E-state index contributed by atoms with van der Waals surface area (Å²) < 4.78 is 0. The molecule has 4 nitrogen and oxygen atoms in total. The van der Waals surface area contributed by atoms with E-state index in [1.54, 1.807) is 6.92 Å². The number of aliphatic hydroxyl groups is 1. The van der Waals surface area contributed by atoms with Crippen molar-refractivity contribution >= 4 is 5.97 Å². The molecule has 0 aliphatic rings. The van der Waals surface area contributed by atoms with Gasteiger partial charge < -0.3 is 15.5 Å². The average molecular weight is 323 g/mol. The second-order valence-electron chi connectivity index (χ2n) is 5.85. The highest BCUT2D eigenvalue weighted by molar-refractivity contribution is 5.73. The van der Waals surface area contributed by atoms with Crippen molar-refractivity contribution in [3.8, 4) is 11.8 Å². The van der Waals surface area contributed by atoms with Gasteiger partial charge in [-0.25, -0.2) is 0 Å². The van der Waals surface area contributed by atoms with Crippen LogP contribution in [0.4, 0.5) is 0 Å². The van der Waals surface area contributed by atoms with E-state index in [-0.39, 0.29) is 6.54 Å². The summed E-state index contributed by atoms with van der Waals surface area (Å²) in [6.45, 7) is 1.63. The summed E-state index contributed by atoms with van der Waals surface area (Å²) in [6, 6.07) is 18.0. The first kappa shape index (κ1) is 17.7. The van der Waals surface area contributed by atoms with Crippen molar-refractivity contribution in [3.63, 3.8) is 0 Å². The number of hydrogen-bond acceptors (Lipinski definition) is 3. The number of rotatable bonds is 6. The number of hydrogen-bond donors (Lipinski definition) is 3. The molecule has 0 saturated carbocycles. The van der Waals surface area contributed by atoms with E-state index in [1.165, 1.54) is 0 Å². The fourth-order valence-electron chi connectivity index (χ4n) is 2.19. The van der Waals surface area contributed by atoms with Gasteiger partial charge in [-0.1, -0.05) is 60.4 Å². The Kier molecular flexibility index (Phi) is 6.14. The van der Waals surface area contributed by atoms with Crippen molar-refractivity contribution in [2.75, 3.05) is 6.54 Å². The van der Waals surface area contributed by atoms with Crippen LogP contribution in [0.15, 0.2) is 60.7 Å². The van der Waals surface area contributed by atoms with Gasteiger partial charge >= 0.3 is 5.97 Å². The van der Waals surface area contributed by atoms with Crippen molar-refractivity contribution in [1.82, 2.24) is 5.32 Å². The van der Waals surface area contributed by atoms with Crippen LogP contribution in [0.5, 0.6) is 0 Å². The Morgan fingerprint density at radius 1 is 1.12 bits per heavy atom. The van der Waals surface area contributed by atoms with Gasteiger partial charge in [-0.2, -0.15) is 0 Å². The molecule has 2 aromatic rings. The minimum absolute atomic E-state index is 0.0661. The van der Waals surface area contributed by atoms with Gasteiger partial charge in [0.25, 0.3) is 0 Å². The van der Waals surface area contributed by atoms with Gasteiger partial charge in [0.05, 0.1) is 0 Å². The van der Waals surface area contributed by atoms with E-state index >= 15 is 0 Å². The zero-order chi connectivity index (χ0) is 17.4. The van der Waals surface area contributed by atoms with Gasteiger partial charge in [-0.05, 0) is 31.0 Å². The minimum Gasteiger partial charge on any atom is -0.480 e. The first-order valence-electron chi connectivity index (χ1n) is 7.77. The predicted molar refractivity (Wildman–Crippen MR) is 93.5 cm³/mol. The van der Waals surface area contributed by atoms with Crippen molar-refractivity contribution in [2.24, 2.45) is 0 Å². The Morgan fingerprint density at radius 3 is 2.29 bits per heavy atom. The Labute approximate surface area is 142 Å². The van der Waals surface area contributed by atoms with Gasteiger partial charge in [0.2, 0.25) is 0 Å². The lowest BCUT2D eigenvalue weighted by atomic mass is 10.0. The van der Waals surface area contributed by atoms with E-state index in [0.717, 1.165) is 11.1 Å². The summed E-state index contributed by atoms with van der Waals surface area (Å²) >= 11 is 0. The lowest BCUT2D eigenvalue weighted by Gasteiger charge is -2.21. The fraction of sp³-hybridized carbons (Fsp3) is 0.250. The van der Waals surface area contributed by atoms with Gasteiger partial charge in [-0.3, -0.25) is 4.79 Å². The maximum absolute atomic E-state index is 11.4. The third-order valence-corrected chi connectivity index (χ3v) is 3.52. The van der Waals surface area contributed by atoms with Crippen molar-refractivity contribution in [1.29, 1.82) is 0 Å². The van der Waals surface area contributed by atoms with E-state index in [9.17, 15) is 15.0 Å². The van der Waals surface area contributed by atoms with E-state index in [0.29, 0.717) is 6.42 Å². The van der Waals surface area contributed by atoms with Crippen LogP contribution in [0.3, 0.4) is 0 Å². The lowest BCUT2D eigenvalue weighted by Crippen LogP contribution is -2.46. The highest BCUT2D eigenvalue weighted by Gasteiger charge is 2.23. The lowest BCUT2D eigenvalue weighted by molar-refractivity contribution is -0.139. The van der Waals surface area contributed by atoms with E-state index in [1.807, 2.05) is 60.7 Å². The summed E-state index contributed by atoms with van der Waals surface area (Å²) in [5.74, 6) is 4.73. The molecule has 124 valence electrons. The molecule has 0 aliphatic carbocycles. The molecule has 2 rings (SSSR count). The number of carboxylic acid groups (broad SMARTS) is 1. The van der Waals surface area contributed by atoms with Crippen LogP contribution >= 0.6 is 0 Å². The molecule has 2 atom stereocenters. The topological polar surface area (TPSA) is 69.6 Å². The number of carbonyl (C=O) groups is 1. The molecule has 4 heteroatoms. The summed E-state index contributed by atoms with van der Waals surface area (Å²) in [4.78, 5) is 11.4. The molecule has 3 N–H and O–H groups in total. The van der Waals surface area contributed by atoms with Crippen molar-refractivity contribution in [3.05, 3.63) is 71.8 Å². The standard InChI is InChI=1S/C20H21NO3/c1-20(24,13-12-16-8-4-2-5-9-16)15-21-18(19(22)23)14-17-10-6-3-7-11-17/h2-11,18,21,24H,14-15H2,1H3,(H,22,23)/t18-,20+/m0/s1.